The lowest BCUT2D eigenvalue weighted by Gasteiger charge is -2.05. The second kappa shape index (κ2) is 5.50. The van der Waals surface area contributed by atoms with Crippen LogP contribution in [0.25, 0.3) is 0 Å². The number of anilines is 1. The maximum absolute atomic E-state index is 10.7. The van der Waals surface area contributed by atoms with Crippen molar-refractivity contribution in [1.82, 2.24) is 0 Å². The van der Waals surface area contributed by atoms with Gasteiger partial charge in [0.05, 0.1) is 5.56 Å². The Bertz CT molecular complexity index is 477. The number of carboxylic acid groups (broad SMARTS) is 1. The van der Waals surface area contributed by atoms with Gasteiger partial charge in [0.2, 0.25) is 0 Å². The molecule has 0 saturated carbocycles. The Balaban J connectivity index is 1.85. The predicted molar refractivity (Wildman–Crippen MR) is 69.9 cm³/mol. The molecule has 0 aliphatic heterocycles. The summed E-state index contributed by atoms with van der Waals surface area (Å²) in [7, 11) is 0. The quantitative estimate of drug-likeness (QED) is 0.853. The standard InChI is InChI=1S/C13H13NO2S/c15-13(16)10-3-5-11(6-4-10)14-8-7-12-2-1-9-17-12/h1-6,9,14H,7-8H2,(H,15,16). The van der Waals surface area contributed by atoms with Gasteiger partial charge in [-0.05, 0) is 42.1 Å². The van der Waals surface area contributed by atoms with Gasteiger partial charge in [-0.25, -0.2) is 4.79 Å². The normalized spacial score (nSPS) is 10.1. The van der Waals surface area contributed by atoms with Crippen LogP contribution in [-0.2, 0) is 6.42 Å². The van der Waals surface area contributed by atoms with E-state index in [-0.39, 0.29) is 0 Å². The first kappa shape index (κ1) is 11.7. The SMILES string of the molecule is O=C(O)c1ccc(NCCc2cccs2)cc1. The van der Waals surface area contributed by atoms with Crippen molar-refractivity contribution in [2.45, 2.75) is 6.42 Å². The molecule has 0 atom stereocenters. The molecule has 2 N–H and O–H groups in total. The molecule has 88 valence electrons. The highest BCUT2D eigenvalue weighted by atomic mass is 32.1. The summed E-state index contributed by atoms with van der Waals surface area (Å²) in [5.74, 6) is -0.893. The fourth-order valence-corrected chi connectivity index (χ4v) is 2.22. The first-order valence-electron chi connectivity index (χ1n) is 5.35. The maximum Gasteiger partial charge on any atom is 0.335 e. The van der Waals surface area contributed by atoms with Crippen LogP contribution < -0.4 is 5.32 Å². The summed E-state index contributed by atoms with van der Waals surface area (Å²) >= 11 is 1.75. The van der Waals surface area contributed by atoms with E-state index in [4.69, 9.17) is 5.11 Å². The highest BCUT2D eigenvalue weighted by Crippen LogP contribution is 2.12. The number of hydrogen-bond donors (Lipinski definition) is 2. The van der Waals surface area contributed by atoms with Crippen LogP contribution in [0.3, 0.4) is 0 Å². The molecule has 1 aromatic heterocycles. The van der Waals surface area contributed by atoms with Gasteiger partial charge in [-0.3, -0.25) is 0 Å². The largest absolute Gasteiger partial charge is 0.478 e. The lowest BCUT2D eigenvalue weighted by molar-refractivity contribution is 0.0697. The summed E-state index contributed by atoms with van der Waals surface area (Å²) in [6, 6.07) is 10.9. The van der Waals surface area contributed by atoms with Crippen LogP contribution in [-0.4, -0.2) is 17.6 Å². The molecule has 0 aliphatic carbocycles. The highest BCUT2D eigenvalue weighted by Gasteiger charge is 2.01. The Morgan fingerprint density at radius 1 is 1.24 bits per heavy atom. The van der Waals surface area contributed by atoms with Crippen molar-refractivity contribution in [3.05, 3.63) is 52.2 Å². The molecule has 0 radical (unpaired) electrons. The van der Waals surface area contributed by atoms with E-state index in [1.807, 2.05) is 6.07 Å². The molecular formula is C13H13NO2S. The third-order valence-corrected chi connectivity index (χ3v) is 3.35. The first-order valence-corrected chi connectivity index (χ1v) is 6.23. The number of aromatic carboxylic acids is 1. The minimum atomic E-state index is -0.893. The van der Waals surface area contributed by atoms with Gasteiger partial charge in [0.1, 0.15) is 0 Å². The monoisotopic (exact) mass is 247 g/mol. The molecule has 4 heteroatoms. The third-order valence-electron chi connectivity index (χ3n) is 2.41. The van der Waals surface area contributed by atoms with Crippen LogP contribution in [0.2, 0.25) is 0 Å². The summed E-state index contributed by atoms with van der Waals surface area (Å²) < 4.78 is 0. The molecule has 0 spiro atoms. The molecule has 1 aromatic carbocycles. The second-order valence-corrected chi connectivity index (χ2v) is 4.67. The van der Waals surface area contributed by atoms with Crippen molar-refractivity contribution >= 4 is 23.0 Å². The maximum atomic E-state index is 10.7. The molecule has 2 aromatic rings. The lowest BCUT2D eigenvalue weighted by Crippen LogP contribution is -2.04. The first-order chi connectivity index (χ1) is 8.25. The van der Waals surface area contributed by atoms with E-state index in [0.29, 0.717) is 5.56 Å². The molecule has 3 nitrogen and oxygen atoms in total. The summed E-state index contributed by atoms with van der Waals surface area (Å²) in [5, 5.41) is 14.1. The van der Waals surface area contributed by atoms with Gasteiger partial charge in [-0.1, -0.05) is 6.07 Å². The fourth-order valence-electron chi connectivity index (χ4n) is 1.52. The van der Waals surface area contributed by atoms with Crippen molar-refractivity contribution in [2.24, 2.45) is 0 Å². The number of nitrogens with one attached hydrogen (secondary N) is 1. The zero-order chi connectivity index (χ0) is 12.1. The van der Waals surface area contributed by atoms with Crippen molar-refractivity contribution < 1.29 is 9.90 Å². The van der Waals surface area contributed by atoms with E-state index >= 15 is 0 Å². The number of carbonyl (C=O) groups is 1. The summed E-state index contributed by atoms with van der Waals surface area (Å²) in [6.45, 7) is 0.854. The Labute approximate surface area is 104 Å². The molecule has 17 heavy (non-hydrogen) atoms. The van der Waals surface area contributed by atoms with Crippen LogP contribution in [0.1, 0.15) is 15.2 Å². The van der Waals surface area contributed by atoms with Gasteiger partial charge in [0.15, 0.2) is 0 Å². The van der Waals surface area contributed by atoms with E-state index in [9.17, 15) is 4.79 Å². The summed E-state index contributed by atoms with van der Waals surface area (Å²) in [5.41, 5.74) is 1.26. The zero-order valence-electron chi connectivity index (χ0n) is 9.22. The Morgan fingerprint density at radius 3 is 2.59 bits per heavy atom. The molecule has 0 fully saturated rings. The number of carboxylic acids is 1. The van der Waals surface area contributed by atoms with Crippen LogP contribution >= 0.6 is 11.3 Å². The number of hydrogen-bond acceptors (Lipinski definition) is 3. The molecule has 0 unspecified atom stereocenters. The molecule has 0 saturated heterocycles. The minimum Gasteiger partial charge on any atom is -0.478 e. The second-order valence-electron chi connectivity index (χ2n) is 3.64. The van der Waals surface area contributed by atoms with Crippen molar-refractivity contribution in [3.8, 4) is 0 Å². The van der Waals surface area contributed by atoms with Crippen LogP contribution in [0.15, 0.2) is 41.8 Å². The minimum absolute atomic E-state index is 0.314. The number of benzene rings is 1. The fraction of sp³-hybridized carbons (Fsp3) is 0.154. The number of rotatable bonds is 5. The molecule has 0 bridgehead atoms. The molecule has 0 aliphatic rings. The van der Waals surface area contributed by atoms with Gasteiger partial charge in [-0.2, -0.15) is 0 Å². The van der Waals surface area contributed by atoms with Crippen LogP contribution in [0, 0.1) is 0 Å². The van der Waals surface area contributed by atoms with Crippen LogP contribution in [0.4, 0.5) is 5.69 Å². The molecule has 2 rings (SSSR count). The zero-order valence-corrected chi connectivity index (χ0v) is 10.0. The van der Waals surface area contributed by atoms with E-state index in [0.717, 1.165) is 18.7 Å². The van der Waals surface area contributed by atoms with Crippen LogP contribution in [0.5, 0.6) is 0 Å². The summed E-state index contributed by atoms with van der Waals surface area (Å²) in [4.78, 5) is 12.0. The predicted octanol–water partition coefficient (Wildman–Crippen LogP) is 3.10. The van der Waals surface area contributed by atoms with Gasteiger partial charge in [0.25, 0.3) is 0 Å². The third kappa shape index (κ3) is 3.32. The average Bonchev–Trinajstić information content (AvgIpc) is 2.83. The van der Waals surface area contributed by atoms with Gasteiger partial charge in [-0.15, -0.1) is 11.3 Å². The molecule has 1 heterocycles. The lowest BCUT2D eigenvalue weighted by atomic mass is 10.2. The van der Waals surface area contributed by atoms with E-state index in [2.05, 4.69) is 16.8 Å². The Kier molecular flexibility index (Phi) is 3.77. The topological polar surface area (TPSA) is 49.3 Å². The highest BCUT2D eigenvalue weighted by molar-refractivity contribution is 7.09. The molecular weight excluding hydrogens is 234 g/mol. The smallest absolute Gasteiger partial charge is 0.335 e. The van der Waals surface area contributed by atoms with E-state index in [1.54, 1.807) is 35.6 Å². The Hall–Kier alpha value is -1.81. The number of thiophene rings is 1. The van der Waals surface area contributed by atoms with E-state index < -0.39 is 5.97 Å². The van der Waals surface area contributed by atoms with Gasteiger partial charge in [0, 0.05) is 17.1 Å². The summed E-state index contributed by atoms with van der Waals surface area (Å²) in [6.07, 6.45) is 0.984. The van der Waals surface area contributed by atoms with E-state index in [1.165, 1.54) is 4.88 Å². The van der Waals surface area contributed by atoms with Crippen molar-refractivity contribution in [2.75, 3.05) is 11.9 Å². The van der Waals surface area contributed by atoms with Gasteiger partial charge < -0.3 is 10.4 Å². The van der Waals surface area contributed by atoms with Gasteiger partial charge >= 0.3 is 5.97 Å². The average molecular weight is 247 g/mol. The Morgan fingerprint density at radius 2 is 2.00 bits per heavy atom. The van der Waals surface area contributed by atoms with Crippen molar-refractivity contribution in [1.29, 1.82) is 0 Å². The molecule has 0 amide bonds. The van der Waals surface area contributed by atoms with Crippen molar-refractivity contribution in [3.63, 3.8) is 0 Å².